The maximum atomic E-state index is 14.0. The van der Waals surface area contributed by atoms with Gasteiger partial charge in [-0.1, -0.05) is 18.2 Å². The third-order valence-corrected chi connectivity index (χ3v) is 5.27. The topological polar surface area (TPSA) is 63.2 Å². The molecule has 2 amide bonds. The molecular weight excluding hydrogens is 369 g/mol. The minimum Gasteiger partial charge on any atom is -0.487 e. The molecule has 0 saturated carbocycles. The second-order valence-corrected chi connectivity index (χ2v) is 8.16. The Morgan fingerprint density at radius 1 is 1.24 bits per heavy atom. The fourth-order valence-corrected chi connectivity index (χ4v) is 3.85. The quantitative estimate of drug-likeness (QED) is 0.611. The average Bonchev–Trinajstić information content (AvgIpc) is 2.65. The fraction of sp³-hybridized carbons (Fsp3) is 0.304. The van der Waals surface area contributed by atoms with Crippen molar-refractivity contribution in [2.24, 2.45) is 0 Å². The summed E-state index contributed by atoms with van der Waals surface area (Å²) in [5.74, 6) is 0.197. The summed E-state index contributed by atoms with van der Waals surface area (Å²) in [6.45, 7) is 7.48. The van der Waals surface area contributed by atoms with Crippen LogP contribution in [0.1, 0.15) is 43.1 Å². The van der Waals surface area contributed by atoms with Gasteiger partial charge in [-0.2, -0.15) is 0 Å². The lowest BCUT2D eigenvalue weighted by Crippen LogP contribution is -2.42. The Balaban J connectivity index is 1.61. The molecule has 2 heterocycles. The minimum atomic E-state index is -0.522. The number of aryl methyl sites for hydroxylation is 1. The normalized spacial score (nSPS) is 17.3. The van der Waals surface area contributed by atoms with Gasteiger partial charge in [-0.15, -0.1) is 0 Å². The SMILES string of the molecule is Cc1cc2c(NC(=O)N[C@@H]3CC(C)(C)Oc4c3ccc(F)c4C)cccc2cn1. The molecule has 6 heteroatoms. The largest absolute Gasteiger partial charge is 0.487 e. The molecule has 1 aromatic heterocycles. The summed E-state index contributed by atoms with van der Waals surface area (Å²) >= 11 is 0. The van der Waals surface area contributed by atoms with Crippen molar-refractivity contribution in [1.82, 2.24) is 10.3 Å². The van der Waals surface area contributed by atoms with Crippen LogP contribution in [0.25, 0.3) is 10.8 Å². The summed E-state index contributed by atoms with van der Waals surface area (Å²) in [4.78, 5) is 17.1. The molecule has 0 fully saturated rings. The van der Waals surface area contributed by atoms with Gasteiger partial charge >= 0.3 is 6.03 Å². The Bertz CT molecular complexity index is 1110. The van der Waals surface area contributed by atoms with Crippen LogP contribution >= 0.6 is 0 Å². The summed E-state index contributed by atoms with van der Waals surface area (Å²) in [6.07, 6.45) is 2.37. The third kappa shape index (κ3) is 3.75. The van der Waals surface area contributed by atoms with Crippen LogP contribution in [-0.4, -0.2) is 16.6 Å². The smallest absolute Gasteiger partial charge is 0.319 e. The number of anilines is 1. The van der Waals surface area contributed by atoms with Crippen molar-refractivity contribution in [3.8, 4) is 5.75 Å². The lowest BCUT2D eigenvalue weighted by atomic mass is 9.88. The Hall–Kier alpha value is -3.15. The molecule has 150 valence electrons. The number of hydrogen-bond donors (Lipinski definition) is 2. The first-order valence-corrected chi connectivity index (χ1v) is 9.64. The number of nitrogens with one attached hydrogen (secondary N) is 2. The molecule has 5 nitrogen and oxygen atoms in total. The van der Waals surface area contributed by atoms with Gasteiger partial charge in [-0.05, 0) is 45.9 Å². The first kappa shape index (κ1) is 19.2. The van der Waals surface area contributed by atoms with Crippen LogP contribution < -0.4 is 15.4 Å². The molecule has 0 unspecified atom stereocenters. The van der Waals surface area contributed by atoms with Gasteiger partial charge < -0.3 is 15.4 Å². The van der Waals surface area contributed by atoms with Gasteiger partial charge in [0.2, 0.25) is 0 Å². The van der Waals surface area contributed by atoms with E-state index in [1.54, 1.807) is 19.2 Å². The van der Waals surface area contributed by atoms with E-state index in [9.17, 15) is 9.18 Å². The van der Waals surface area contributed by atoms with Gasteiger partial charge in [0.15, 0.2) is 0 Å². The molecule has 2 N–H and O–H groups in total. The highest BCUT2D eigenvalue weighted by molar-refractivity contribution is 6.01. The van der Waals surface area contributed by atoms with E-state index in [1.165, 1.54) is 6.07 Å². The number of carbonyl (C=O) groups excluding carboxylic acids is 1. The van der Waals surface area contributed by atoms with Crippen LogP contribution in [0.3, 0.4) is 0 Å². The zero-order valence-electron chi connectivity index (χ0n) is 17.0. The van der Waals surface area contributed by atoms with Crippen LogP contribution in [-0.2, 0) is 0 Å². The van der Waals surface area contributed by atoms with E-state index in [-0.39, 0.29) is 17.9 Å². The fourth-order valence-electron chi connectivity index (χ4n) is 3.85. The van der Waals surface area contributed by atoms with Crippen molar-refractivity contribution >= 4 is 22.5 Å². The molecular formula is C23H24FN3O2. The zero-order chi connectivity index (χ0) is 20.8. The standard InChI is InChI=1S/C23H24FN3O2/c1-13-10-17-15(12-25-13)6-5-7-19(17)26-22(28)27-20-11-23(3,4)29-21-14(2)18(24)9-8-16(20)21/h5-10,12,20H,11H2,1-4H3,(H2,26,27,28)/t20-/m1/s1. The van der Waals surface area contributed by atoms with Crippen molar-refractivity contribution in [3.05, 3.63) is 65.2 Å². The molecule has 0 spiro atoms. The Morgan fingerprint density at radius 2 is 2.03 bits per heavy atom. The van der Waals surface area contributed by atoms with E-state index < -0.39 is 5.60 Å². The number of nitrogens with zero attached hydrogens (tertiary/aromatic N) is 1. The first-order valence-electron chi connectivity index (χ1n) is 9.64. The number of hydrogen-bond acceptors (Lipinski definition) is 3. The molecule has 1 aliphatic heterocycles. The van der Waals surface area contributed by atoms with E-state index in [4.69, 9.17) is 4.74 Å². The molecule has 0 aliphatic carbocycles. The van der Waals surface area contributed by atoms with Crippen LogP contribution in [0.15, 0.2) is 42.6 Å². The van der Waals surface area contributed by atoms with Gasteiger partial charge in [0.25, 0.3) is 0 Å². The van der Waals surface area contributed by atoms with Gasteiger partial charge in [0.1, 0.15) is 17.2 Å². The summed E-state index contributed by atoms with van der Waals surface area (Å²) in [5.41, 5.74) is 2.32. The maximum absolute atomic E-state index is 14.0. The number of amides is 2. The molecule has 3 aromatic rings. The molecule has 2 aromatic carbocycles. The van der Waals surface area contributed by atoms with E-state index >= 15 is 0 Å². The van der Waals surface area contributed by atoms with Gasteiger partial charge in [-0.3, -0.25) is 4.98 Å². The number of fused-ring (bicyclic) bond motifs is 2. The summed E-state index contributed by atoms with van der Waals surface area (Å²) in [6, 6.07) is 10.2. The third-order valence-electron chi connectivity index (χ3n) is 5.27. The van der Waals surface area contributed by atoms with Gasteiger partial charge in [0, 0.05) is 40.2 Å². The van der Waals surface area contributed by atoms with E-state index in [0.29, 0.717) is 23.4 Å². The molecule has 0 saturated heterocycles. The maximum Gasteiger partial charge on any atom is 0.319 e. The molecule has 29 heavy (non-hydrogen) atoms. The Morgan fingerprint density at radius 3 is 2.83 bits per heavy atom. The minimum absolute atomic E-state index is 0.286. The highest BCUT2D eigenvalue weighted by Gasteiger charge is 2.36. The monoisotopic (exact) mass is 393 g/mol. The van der Waals surface area contributed by atoms with Crippen LogP contribution in [0.5, 0.6) is 5.75 Å². The zero-order valence-corrected chi connectivity index (χ0v) is 17.0. The predicted molar refractivity (Wildman–Crippen MR) is 112 cm³/mol. The molecule has 0 bridgehead atoms. The van der Waals surface area contributed by atoms with Crippen molar-refractivity contribution in [1.29, 1.82) is 0 Å². The summed E-state index contributed by atoms with van der Waals surface area (Å²) in [7, 11) is 0. The van der Waals surface area contributed by atoms with Gasteiger partial charge in [0.05, 0.1) is 11.7 Å². The van der Waals surface area contributed by atoms with Crippen molar-refractivity contribution in [2.45, 2.75) is 45.8 Å². The number of benzene rings is 2. The second kappa shape index (κ2) is 7.03. The lowest BCUT2D eigenvalue weighted by molar-refractivity contribution is 0.0668. The number of aromatic nitrogens is 1. The molecule has 1 atom stereocenters. The second-order valence-electron chi connectivity index (χ2n) is 8.16. The van der Waals surface area contributed by atoms with Gasteiger partial charge in [-0.25, -0.2) is 9.18 Å². The van der Waals surface area contributed by atoms with E-state index in [1.807, 2.05) is 45.0 Å². The summed E-state index contributed by atoms with van der Waals surface area (Å²) in [5, 5.41) is 7.87. The highest BCUT2D eigenvalue weighted by atomic mass is 19.1. The molecule has 4 rings (SSSR count). The number of halogens is 1. The molecule has 1 aliphatic rings. The predicted octanol–water partition coefficient (Wildman–Crippen LogP) is 5.41. The Kier molecular flexibility index (Phi) is 4.65. The Labute approximate surface area is 169 Å². The number of carbonyl (C=O) groups is 1. The number of urea groups is 1. The first-order chi connectivity index (χ1) is 13.7. The van der Waals surface area contributed by atoms with Crippen molar-refractivity contribution in [3.63, 3.8) is 0 Å². The lowest BCUT2D eigenvalue weighted by Gasteiger charge is -2.38. The number of pyridine rings is 1. The summed E-state index contributed by atoms with van der Waals surface area (Å²) < 4.78 is 20.0. The molecule has 0 radical (unpaired) electrons. The van der Waals surface area contributed by atoms with Crippen molar-refractivity contribution < 1.29 is 13.9 Å². The van der Waals surface area contributed by atoms with Crippen LogP contribution in [0.2, 0.25) is 0 Å². The van der Waals surface area contributed by atoms with E-state index in [2.05, 4.69) is 15.6 Å². The van der Waals surface area contributed by atoms with Crippen LogP contribution in [0.4, 0.5) is 14.9 Å². The number of rotatable bonds is 2. The number of ether oxygens (including phenoxy) is 1. The van der Waals surface area contributed by atoms with E-state index in [0.717, 1.165) is 22.0 Å². The average molecular weight is 393 g/mol. The van der Waals surface area contributed by atoms with Crippen molar-refractivity contribution in [2.75, 3.05) is 5.32 Å². The van der Waals surface area contributed by atoms with Crippen LogP contribution in [0, 0.1) is 19.7 Å². The highest BCUT2D eigenvalue weighted by Crippen LogP contribution is 2.42.